The van der Waals surface area contributed by atoms with Crippen LogP contribution in [0.2, 0.25) is 0 Å². The van der Waals surface area contributed by atoms with Crippen LogP contribution >= 0.6 is 0 Å². The topological polar surface area (TPSA) is 74.5 Å². The molecule has 22 heavy (non-hydrogen) atoms. The summed E-state index contributed by atoms with van der Waals surface area (Å²) in [5.74, 6) is 1.19. The van der Waals surface area contributed by atoms with Crippen LogP contribution in [0.15, 0.2) is 4.52 Å². The van der Waals surface area contributed by atoms with Gasteiger partial charge in [0.05, 0.1) is 0 Å². The summed E-state index contributed by atoms with van der Waals surface area (Å²) in [7, 11) is 1.79. The lowest BCUT2D eigenvalue weighted by Crippen LogP contribution is -2.46. The number of rotatable bonds is 6. The monoisotopic (exact) mass is 309 g/mol. The second-order valence-electron chi connectivity index (χ2n) is 6.21. The number of urea groups is 1. The fourth-order valence-electron chi connectivity index (χ4n) is 2.91. The average molecular weight is 309 g/mol. The maximum Gasteiger partial charge on any atom is 0.317 e. The number of amides is 2. The predicted molar refractivity (Wildman–Crippen MR) is 83.6 cm³/mol. The van der Waals surface area contributed by atoms with E-state index in [4.69, 9.17) is 4.52 Å². The van der Waals surface area contributed by atoms with E-state index in [1.165, 1.54) is 6.42 Å². The van der Waals surface area contributed by atoms with Gasteiger partial charge in [-0.05, 0) is 33.2 Å². The van der Waals surface area contributed by atoms with Crippen molar-refractivity contribution in [3.8, 4) is 0 Å². The van der Waals surface area contributed by atoms with E-state index in [0.717, 1.165) is 13.0 Å². The van der Waals surface area contributed by atoms with E-state index < -0.39 is 0 Å². The van der Waals surface area contributed by atoms with Crippen LogP contribution in [0.25, 0.3) is 0 Å². The summed E-state index contributed by atoms with van der Waals surface area (Å²) in [5, 5.41) is 6.87. The Morgan fingerprint density at radius 3 is 2.95 bits per heavy atom. The van der Waals surface area contributed by atoms with E-state index in [2.05, 4.69) is 34.2 Å². The first kappa shape index (κ1) is 16.7. The minimum absolute atomic E-state index is 0.0455. The third-order valence-electron chi connectivity index (χ3n) is 4.16. The van der Waals surface area contributed by atoms with Crippen molar-refractivity contribution in [3.63, 3.8) is 0 Å². The van der Waals surface area contributed by atoms with Crippen LogP contribution in [-0.4, -0.2) is 64.7 Å². The Balaban J connectivity index is 1.72. The number of carbonyl (C=O) groups excluding carboxylic acids is 1. The third kappa shape index (κ3) is 4.43. The van der Waals surface area contributed by atoms with Gasteiger partial charge in [0.2, 0.25) is 5.89 Å². The van der Waals surface area contributed by atoms with Crippen molar-refractivity contribution in [2.45, 2.75) is 52.1 Å². The summed E-state index contributed by atoms with van der Waals surface area (Å²) >= 11 is 0. The Morgan fingerprint density at radius 1 is 1.55 bits per heavy atom. The van der Waals surface area contributed by atoms with Crippen LogP contribution in [0.5, 0.6) is 0 Å². The Hall–Kier alpha value is -1.63. The van der Waals surface area contributed by atoms with Crippen molar-refractivity contribution in [2.75, 3.05) is 26.7 Å². The van der Waals surface area contributed by atoms with Crippen molar-refractivity contribution in [3.05, 3.63) is 11.7 Å². The highest BCUT2D eigenvalue weighted by molar-refractivity contribution is 5.73. The first-order chi connectivity index (χ1) is 10.5. The maximum absolute atomic E-state index is 12.1. The van der Waals surface area contributed by atoms with Crippen LogP contribution in [0, 0.1) is 6.92 Å². The van der Waals surface area contributed by atoms with E-state index in [0.29, 0.717) is 43.3 Å². The molecule has 0 aliphatic carbocycles. The van der Waals surface area contributed by atoms with Crippen molar-refractivity contribution in [1.82, 2.24) is 25.3 Å². The number of aryl methyl sites for hydroxylation is 1. The average Bonchev–Trinajstić information content (AvgIpc) is 3.10. The second-order valence-corrected chi connectivity index (χ2v) is 6.21. The molecule has 1 aromatic rings. The molecule has 1 aliphatic heterocycles. The van der Waals surface area contributed by atoms with Gasteiger partial charge in [-0.3, -0.25) is 4.90 Å². The van der Waals surface area contributed by atoms with E-state index in [1.807, 2.05) is 0 Å². The molecule has 0 unspecified atom stereocenters. The molecule has 7 nitrogen and oxygen atoms in total. The number of carbonyl (C=O) groups is 1. The summed E-state index contributed by atoms with van der Waals surface area (Å²) in [6.45, 7) is 8.59. The molecular weight excluding hydrogens is 282 g/mol. The summed E-state index contributed by atoms with van der Waals surface area (Å²) < 4.78 is 4.92. The van der Waals surface area contributed by atoms with Crippen LogP contribution in [0.3, 0.4) is 0 Å². The van der Waals surface area contributed by atoms with Gasteiger partial charge in [-0.2, -0.15) is 4.98 Å². The van der Waals surface area contributed by atoms with Crippen LogP contribution in [-0.2, 0) is 6.42 Å². The van der Waals surface area contributed by atoms with Gasteiger partial charge in [-0.1, -0.05) is 5.16 Å². The SMILES string of the molecule is Cc1nc(CCN(C)C(=O)NC[C@H]2CCCN2C(C)C)no1. The highest BCUT2D eigenvalue weighted by Crippen LogP contribution is 2.19. The molecule has 124 valence electrons. The van der Waals surface area contributed by atoms with Crippen LogP contribution < -0.4 is 5.32 Å². The van der Waals surface area contributed by atoms with Crippen molar-refractivity contribution < 1.29 is 9.32 Å². The van der Waals surface area contributed by atoms with Crippen molar-refractivity contribution in [2.24, 2.45) is 0 Å². The Bertz CT molecular complexity index is 488. The minimum Gasteiger partial charge on any atom is -0.340 e. The normalized spacial score (nSPS) is 18.9. The quantitative estimate of drug-likeness (QED) is 0.860. The van der Waals surface area contributed by atoms with Gasteiger partial charge in [0, 0.05) is 45.6 Å². The molecule has 2 amide bonds. The highest BCUT2D eigenvalue weighted by Gasteiger charge is 2.26. The predicted octanol–water partition coefficient (Wildman–Crippen LogP) is 1.43. The van der Waals surface area contributed by atoms with Gasteiger partial charge in [-0.15, -0.1) is 0 Å². The molecule has 0 saturated carbocycles. The molecule has 7 heteroatoms. The molecule has 1 saturated heterocycles. The molecule has 0 aromatic carbocycles. The van der Waals surface area contributed by atoms with Crippen LogP contribution in [0.4, 0.5) is 4.79 Å². The summed E-state index contributed by atoms with van der Waals surface area (Å²) in [6, 6.07) is 0.941. The number of likely N-dealkylation sites (tertiary alicyclic amines) is 1. The molecule has 1 aliphatic rings. The molecule has 2 rings (SSSR count). The number of hydrogen-bond acceptors (Lipinski definition) is 5. The number of aromatic nitrogens is 2. The second kappa shape index (κ2) is 7.58. The van der Waals surface area contributed by atoms with Gasteiger partial charge in [0.1, 0.15) is 0 Å². The van der Waals surface area contributed by atoms with Crippen LogP contribution in [0.1, 0.15) is 38.4 Å². The maximum atomic E-state index is 12.1. The van der Waals surface area contributed by atoms with E-state index in [-0.39, 0.29) is 6.03 Å². The smallest absolute Gasteiger partial charge is 0.317 e. The molecule has 0 bridgehead atoms. The molecule has 1 fully saturated rings. The zero-order valence-corrected chi connectivity index (χ0v) is 14.0. The molecule has 1 aromatic heterocycles. The Labute approximate surface area is 132 Å². The Kier molecular flexibility index (Phi) is 5.76. The van der Waals surface area contributed by atoms with Gasteiger partial charge >= 0.3 is 6.03 Å². The number of hydrogen-bond donors (Lipinski definition) is 1. The van der Waals surface area contributed by atoms with Gasteiger partial charge in [0.15, 0.2) is 5.82 Å². The summed E-state index contributed by atoms with van der Waals surface area (Å²) in [5.41, 5.74) is 0. The lowest BCUT2D eigenvalue weighted by Gasteiger charge is -2.29. The fraction of sp³-hybridized carbons (Fsp3) is 0.800. The molecular formula is C15H27N5O2. The Morgan fingerprint density at radius 2 is 2.32 bits per heavy atom. The number of likely N-dealkylation sites (N-methyl/N-ethyl adjacent to an activating group) is 1. The van der Waals surface area contributed by atoms with E-state index in [9.17, 15) is 4.79 Å². The van der Waals surface area contributed by atoms with E-state index in [1.54, 1.807) is 18.9 Å². The first-order valence-electron chi connectivity index (χ1n) is 8.01. The summed E-state index contributed by atoms with van der Waals surface area (Å²) in [4.78, 5) is 20.4. The largest absolute Gasteiger partial charge is 0.340 e. The number of nitrogens with zero attached hydrogens (tertiary/aromatic N) is 4. The lowest BCUT2D eigenvalue weighted by atomic mass is 10.2. The van der Waals surface area contributed by atoms with Gasteiger partial charge in [0.25, 0.3) is 0 Å². The fourth-order valence-corrected chi connectivity index (χ4v) is 2.91. The van der Waals surface area contributed by atoms with Gasteiger partial charge in [-0.25, -0.2) is 4.79 Å². The zero-order valence-electron chi connectivity index (χ0n) is 14.0. The highest BCUT2D eigenvalue weighted by atomic mass is 16.5. The third-order valence-corrected chi connectivity index (χ3v) is 4.16. The molecule has 1 atom stereocenters. The van der Waals surface area contributed by atoms with Crippen molar-refractivity contribution in [1.29, 1.82) is 0 Å². The first-order valence-corrected chi connectivity index (χ1v) is 8.01. The lowest BCUT2D eigenvalue weighted by molar-refractivity contribution is 0.185. The summed E-state index contributed by atoms with van der Waals surface area (Å²) in [6.07, 6.45) is 2.97. The van der Waals surface area contributed by atoms with E-state index >= 15 is 0 Å². The van der Waals surface area contributed by atoms with Crippen molar-refractivity contribution >= 4 is 6.03 Å². The molecule has 2 heterocycles. The van der Waals surface area contributed by atoms with Gasteiger partial charge < -0.3 is 14.7 Å². The number of nitrogens with one attached hydrogen (secondary N) is 1. The molecule has 0 radical (unpaired) electrons. The minimum atomic E-state index is -0.0455. The zero-order chi connectivity index (χ0) is 16.1. The standard InChI is InChI=1S/C15H27N5O2/c1-11(2)20-8-5-6-13(20)10-16-15(21)19(4)9-7-14-17-12(3)22-18-14/h11,13H,5-10H2,1-4H3,(H,16,21)/t13-/m1/s1. The molecule has 1 N–H and O–H groups in total. The molecule has 0 spiro atoms.